The third-order valence-electron chi connectivity index (χ3n) is 2.15. The Morgan fingerprint density at radius 1 is 1.57 bits per heavy atom. The highest BCUT2D eigenvalue weighted by Crippen LogP contribution is 2.11. The molecule has 0 aliphatic rings. The van der Waals surface area contributed by atoms with Gasteiger partial charge in [-0.1, -0.05) is 6.07 Å². The van der Waals surface area contributed by atoms with Gasteiger partial charge in [0.2, 0.25) is 0 Å². The van der Waals surface area contributed by atoms with Crippen molar-refractivity contribution in [2.75, 3.05) is 19.0 Å². The Morgan fingerprint density at radius 2 is 2.36 bits per heavy atom. The first kappa shape index (κ1) is 11.0. The average Bonchev–Trinajstić information content (AvgIpc) is 2.18. The standard InChI is InChI=1S/C11H18N2O/c1-9-5-4-7-12-11(9)13-10(2)6-8-14-3/h4-5,7,10H,6,8H2,1-3H3,(H,12,13). The summed E-state index contributed by atoms with van der Waals surface area (Å²) in [6.07, 6.45) is 2.80. The Balaban J connectivity index is 2.47. The highest BCUT2D eigenvalue weighted by Gasteiger charge is 2.03. The maximum Gasteiger partial charge on any atom is 0.129 e. The molecule has 0 saturated heterocycles. The second-order valence-electron chi connectivity index (χ2n) is 3.50. The lowest BCUT2D eigenvalue weighted by Gasteiger charge is -2.15. The molecule has 1 aromatic rings. The summed E-state index contributed by atoms with van der Waals surface area (Å²) >= 11 is 0. The van der Waals surface area contributed by atoms with Crippen molar-refractivity contribution in [1.82, 2.24) is 4.98 Å². The van der Waals surface area contributed by atoms with Crippen molar-refractivity contribution in [3.8, 4) is 0 Å². The minimum atomic E-state index is 0.392. The summed E-state index contributed by atoms with van der Waals surface area (Å²) in [6.45, 7) is 4.96. The molecule has 3 heteroatoms. The minimum absolute atomic E-state index is 0.392. The van der Waals surface area contributed by atoms with Crippen LogP contribution in [0.1, 0.15) is 18.9 Å². The van der Waals surface area contributed by atoms with Crippen molar-refractivity contribution in [3.05, 3.63) is 23.9 Å². The van der Waals surface area contributed by atoms with Crippen molar-refractivity contribution in [1.29, 1.82) is 0 Å². The number of aromatic nitrogens is 1. The maximum atomic E-state index is 5.02. The van der Waals surface area contributed by atoms with Crippen LogP contribution >= 0.6 is 0 Å². The zero-order chi connectivity index (χ0) is 10.4. The van der Waals surface area contributed by atoms with Crippen LogP contribution in [0.4, 0.5) is 5.82 Å². The number of aryl methyl sites for hydroxylation is 1. The van der Waals surface area contributed by atoms with Crippen molar-refractivity contribution < 1.29 is 4.74 Å². The summed E-state index contributed by atoms with van der Waals surface area (Å²) in [4.78, 5) is 4.27. The lowest BCUT2D eigenvalue weighted by atomic mass is 10.2. The molecule has 1 heterocycles. The lowest BCUT2D eigenvalue weighted by Crippen LogP contribution is -2.18. The normalized spacial score (nSPS) is 12.5. The molecule has 0 fully saturated rings. The summed E-state index contributed by atoms with van der Waals surface area (Å²) < 4.78 is 5.02. The molecular weight excluding hydrogens is 176 g/mol. The van der Waals surface area contributed by atoms with E-state index in [0.717, 1.165) is 18.8 Å². The molecule has 0 spiro atoms. The van der Waals surface area contributed by atoms with Gasteiger partial charge in [0.05, 0.1) is 0 Å². The van der Waals surface area contributed by atoms with Crippen LogP contribution in [0.3, 0.4) is 0 Å². The fourth-order valence-electron chi connectivity index (χ4n) is 1.24. The van der Waals surface area contributed by atoms with Crippen LogP contribution in [0.5, 0.6) is 0 Å². The molecule has 1 N–H and O–H groups in total. The lowest BCUT2D eigenvalue weighted by molar-refractivity contribution is 0.191. The van der Waals surface area contributed by atoms with Gasteiger partial charge < -0.3 is 10.1 Å². The van der Waals surface area contributed by atoms with Crippen LogP contribution in [0, 0.1) is 6.92 Å². The number of nitrogens with one attached hydrogen (secondary N) is 1. The Hall–Kier alpha value is -1.09. The number of nitrogens with zero attached hydrogens (tertiary/aromatic N) is 1. The first-order valence-corrected chi connectivity index (χ1v) is 4.91. The van der Waals surface area contributed by atoms with Gasteiger partial charge in [0, 0.05) is 26.0 Å². The molecule has 0 bridgehead atoms. The molecule has 1 aromatic heterocycles. The smallest absolute Gasteiger partial charge is 0.129 e. The summed E-state index contributed by atoms with van der Waals surface area (Å²) in [7, 11) is 1.72. The Labute approximate surface area is 85.5 Å². The van der Waals surface area contributed by atoms with E-state index in [4.69, 9.17) is 4.74 Å². The fraction of sp³-hybridized carbons (Fsp3) is 0.545. The zero-order valence-corrected chi connectivity index (χ0v) is 9.08. The number of ether oxygens (including phenoxy) is 1. The van der Waals surface area contributed by atoms with E-state index in [2.05, 4.69) is 30.2 Å². The molecule has 0 saturated carbocycles. The van der Waals surface area contributed by atoms with Crippen LogP contribution in [-0.4, -0.2) is 24.7 Å². The molecular formula is C11H18N2O. The third-order valence-corrected chi connectivity index (χ3v) is 2.15. The number of rotatable bonds is 5. The van der Waals surface area contributed by atoms with E-state index in [-0.39, 0.29) is 0 Å². The van der Waals surface area contributed by atoms with Crippen molar-refractivity contribution in [2.45, 2.75) is 26.3 Å². The van der Waals surface area contributed by atoms with Gasteiger partial charge in [0.1, 0.15) is 5.82 Å². The van der Waals surface area contributed by atoms with Crippen molar-refractivity contribution >= 4 is 5.82 Å². The van der Waals surface area contributed by atoms with E-state index in [1.807, 2.05) is 6.07 Å². The van der Waals surface area contributed by atoms with E-state index in [1.54, 1.807) is 13.3 Å². The molecule has 1 atom stereocenters. The van der Waals surface area contributed by atoms with Crippen LogP contribution in [0.15, 0.2) is 18.3 Å². The number of hydrogen-bond acceptors (Lipinski definition) is 3. The SMILES string of the molecule is COCCC(C)Nc1ncccc1C. The van der Waals surface area contributed by atoms with E-state index in [1.165, 1.54) is 5.56 Å². The molecule has 0 amide bonds. The Bertz CT molecular complexity index is 276. The van der Waals surface area contributed by atoms with Gasteiger partial charge in [0.25, 0.3) is 0 Å². The van der Waals surface area contributed by atoms with Gasteiger partial charge in [-0.3, -0.25) is 0 Å². The van der Waals surface area contributed by atoms with Crippen LogP contribution in [-0.2, 0) is 4.74 Å². The second-order valence-corrected chi connectivity index (χ2v) is 3.50. The highest BCUT2D eigenvalue weighted by molar-refractivity contribution is 5.43. The summed E-state index contributed by atoms with van der Waals surface area (Å²) in [6, 6.07) is 4.39. The van der Waals surface area contributed by atoms with E-state index >= 15 is 0 Å². The fourth-order valence-corrected chi connectivity index (χ4v) is 1.24. The molecule has 0 aliphatic carbocycles. The number of pyridine rings is 1. The van der Waals surface area contributed by atoms with Crippen molar-refractivity contribution in [3.63, 3.8) is 0 Å². The van der Waals surface area contributed by atoms with E-state index < -0.39 is 0 Å². The van der Waals surface area contributed by atoms with E-state index in [0.29, 0.717) is 6.04 Å². The molecule has 1 unspecified atom stereocenters. The van der Waals surface area contributed by atoms with Gasteiger partial charge >= 0.3 is 0 Å². The first-order chi connectivity index (χ1) is 6.74. The summed E-state index contributed by atoms with van der Waals surface area (Å²) in [5.74, 6) is 0.969. The highest BCUT2D eigenvalue weighted by atomic mass is 16.5. The van der Waals surface area contributed by atoms with Gasteiger partial charge in [-0.2, -0.15) is 0 Å². The van der Waals surface area contributed by atoms with Gasteiger partial charge in [-0.15, -0.1) is 0 Å². The molecule has 0 radical (unpaired) electrons. The topological polar surface area (TPSA) is 34.1 Å². The van der Waals surface area contributed by atoms with Crippen molar-refractivity contribution in [2.24, 2.45) is 0 Å². The molecule has 78 valence electrons. The monoisotopic (exact) mass is 194 g/mol. The summed E-state index contributed by atoms with van der Waals surface area (Å²) in [5.41, 5.74) is 1.18. The number of hydrogen-bond donors (Lipinski definition) is 1. The zero-order valence-electron chi connectivity index (χ0n) is 9.08. The summed E-state index contributed by atoms with van der Waals surface area (Å²) in [5, 5.41) is 3.35. The number of methoxy groups -OCH3 is 1. The van der Waals surface area contributed by atoms with Gasteiger partial charge in [-0.25, -0.2) is 4.98 Å². The Morgan fingerprint density at radius 3 is 3.00 bits per heavy atom. The van der Waals surface area contributed by atoms with Crippen LogP contribution in [0.25, 0.3) is 0 Å². The molecule has 0 aliphatic heterocycles. The van der Waals surface area contributed by atoms with E-state index in [9.17, 15) is 0 Å². The molecule has 14 heavy (non-hydrogen) atoms. The Kier molecular flexibility index (Phi) is 4.40. The van der Waals surface area contributed by atoms with Crippen LogP contribution < -0.4 is 5.32 Å². The first-order valence-electron chi connectivity index (χ1n) is 4.91. The average molecular weight is 194 g/mol. The molecule has 1 rings (SSSR count). The largest absolute Gasteiger partial charge is 0.385 e. The quantitative estimate of drug-likeness (QED) is 0.780. The van der Waals surface area contributed by atoms with Gasteiger partial charge in [0.15, 0.2) is 0 Å². The molecule has 0 aromatic carbocycles. The van der Waals surface area contributed by atoms with Crippen LogP contribution in [0.2, 0.25) is 0 Å². The predicted octanol–water partition coefficient (Wildman–Crippen LogP) is 2.23. The molecule has 3 nitrogen and oxygen atoms in total. The third kappa shape index (κ3) is 3.34. The second kappa shape index (κ2) is 5.60. The maximum absolute atomic E-state index is 5.02. The number of anilines is 1. The van der Waals surface area contributed by atoms with Gasteiger partial charge in [-0.05, 0) is 31.9 Å². The predicted molar refractivity (Wildman–Crippen MR) is 58.6 cm³/mol. The minimum Gasteiger partial charge on any atom is -0.385 e.